The second-order valence-corrected chi connectivity index (χ2v) is 8.40. The molecule has 182 valence electrons. The number of nitrogens with one attached hydrogen (secondary N) is 3. The zero-order valence-corrected chi connectivity index (χ0v) is 19.2. The lowest BCUT2D eigenvalue weighted by atomic mass is 10.1. The molecule has 2 aromatic carbocycles. The fourth-order valence-corrected chi connectivity index (χ4v) is 2.83. The number of H-pyrrole nitrogens is 1. The molecule has 1 atom stereocenters. The summed E-state index contributed by atoms with van der Waals surface area (Å²) < 4.78 is 5.74. The first-order valence-electron chi connectivity index (χ1n) is 10.5. The van der Waals surface area contributed by atoms with Crippen LogP contribution in [0.25, 0.3) is 10.9 Å². The van der Waals surface area contributed by atoms with Crippen LogP contribution in [0.1, 0.15) is 31.1 Å². The van der Waals surface area contributed by atoms with Crippen molar-refractivity contribution in [1.82, 2.24) is 10.3 Å². The highest BCUT2D eigenvalue weighted by Crippen LogP contribution is 2.25. The smallest absolute Gasteiger partial charge is 0.414 e. The van der Waals surface area contributed by atoms with Crippen LogP contribution in [0.3, 0.4) is 0 Å². The summed E-state index contributed by atoms with van der Waals surface area (Å²) in [4.78, 5) is 34.2. The van der Waals surface area contributed by atoms with Gasteiger partial charge in [-0.2, -0.15) is 0 Å². The van der Waals surface area contributed by atoms with Crippen molar-refractivity contribution in [2.75, 3.05) is 18.5 Å². The predicted molar refractivity (Wildman–Crippen MR) is 127 cm³/mol. The molecule has 0 bridgehead atoms. The molecule has 0 saturated heterocycles. The Kier molecular flexibility index (Phi) is 9.17. The van der Waals surface area contributed by atoms with E-state index in [2.05, 4.69) is 15.6 Å². The zero-order valence-electron chi connectivity index (χ0n) is 19.2. The molecule has 1 amide bonds. The summed E-state index contributed by atoms with van der Waals surface area (Å²) in [5.74, 6) is -3.47. The Morgan fingerprint density at radius 2 is 1.68 bits per heavy atom. The summed E-state index contributed by atoms with van der Waals surface area (Å²) >= 11 is 0. The third kappa shape index (κ3) is 8.23. The number of hydrogen-bond acceptors (Lipinski definition) is 6. The number of para-hydroxylation sites is 1. The summed E-state index contributed by atoms with van der Waals surface area (Å²) in [5, 5.41) is 32.0. The topological polar surface area (TPSA) is 161 Å². The van der Waals surface area contributed by atoms with Gasteiger partial charge in [-0.15, -0.1) is 0 Å². The Balaban J connectivity index is 0.000000604. The number of carboxylic acids is 2. The molecule has 0 aliphatic carbocycles. The lowest BCUT2D eigenvalue weighted by Crippen LogP contribution is -2.42. The Morgan fingerprint density at radius 3 is 2.32 bits per heavy atom. The van der Waals surface area contributed by atoms with Crippen LogP contribution in [0.15, 0.2) is 54.7 Å². The molecule has 0 radical (unpaired) electrons. The van der Waals surface area contributed by atoms with Gasteiger partial charge in [0.2, 0.25) is 0 Å². The van der Waals surface area contributed by atoms with Crippen molar-refractivity contribution in [2.24, 2.45) is 0 Å². The van der Waals surface area contributed by atoms with E-state index in [-0.39, 0.29) is 18.1 Å². The van der Waals surface area contributed by atoms with Crippen molar-refractivity contribution in [3.05, 3.63) is 60.3 Å². The molecule has 1 aromatic heterocycles. The molecule has 1 heterocycles. The van der Waals surface area contributed by atoms with Crippen LogP contribution in [0.5, 0.6) is 5.75 Å². The van der Waals surface area contributed by atoms with E-state index in [1.807, 2.05) is 51.2 Å². The molecule has 1 unspecified atom stereocenters. The molecule has 0 saturated carbocycles. The van der Waals surface area contributed by atoms with Crippen LogP contribution < -0.4 is 15.4 Å². The molecule has 0 spiro atoms. The van der Waals surface area contributed by atoms with Gasteiger partial charge in [0, 0.05) is 29.2 Å². The Bertz CT molecular complexity index is 1120. The molecular formula is C24H29N3O7. The number of carbonyl (C=O) groups excluding carboxylic acids is 1. The van der Waals surface area contributed by atoms with E-state index in [9.17, 15) is 9.90 Å². The number of anilines is 1. The number of carbonyl (C=O) groups is 3. The molecule has 0 aliphatic heterocycles. The summed E-state index contributed by atoms with van der Waals surface area (Å²) in [5.41, 5.74) is 2.02. The van der Waals surface area contributed by atoms with Gasteiger partial charge < -0.3 is 35.7 Å². The van der Waals surface area contributed by atoms with Gasteiger partial charge >= 0.3 is 11.9 Å². The SMILES string of the molecule is CC(C)(C)NCC(O)COc1ccccc1C(=O)Nc1cccc2[nH]ccc12.O=C(O)C(=O)O. The standard InChI is InChI=1S/C22H27N3O3.C2H2O4/c1-22(2,3)24-13-15(26)14-28-20-10-5-4-7-17(20)21(27)25-19-9-6-8-18-16(19)11-12-23-18;3-1(4)2(5)6/h4-12,15,23-24,26H,13-14H2,1-3H3,(H,25,27);(H,3,4)(H,5,6). The van der Waals surface area contributed by atoms with Gasteiger partial charge in [0.25, 0.3) is 5.91 Å². The average Bonchev–Trinajstić information content (AvgIpc) is 3.26. The summed E-state index contributed by atoms with van der Waals surface area (Å²) in [6.07, 6.45) is 1.16. The van der Waals surface area contributed by atoms with Gasteiger partial charge in [0.05, 0.1) is 11.3 Å². The minimum atomic E-state index is -1.82. The van der Waals surface area contributed by atoms with E-state index in [4.69, 9.17) is 24.5 Å². The molecule has 6 N–H and O–H groups in total. The first-order chi connectivity index (χ1) is 16.0. The maximum atomic E-state index is 12.8. The first kappa shape index (κ1) is 26.4. The number of aliphatic carboxylic acids is 2. The molecular weight excluding hydrogens is 442 g/mol. The number of carboxylic acid groups (broad SMARTS) is 2. The van der Waals surface area contributed by atoms with Gasteiger partial charge in [-0.05, 0) is 51.1 Å². The lowest BCUT2D eigenvalue weighted by molar-refractivity contribution is -0.159. The Morgan fingerprint density at radius 1 is 1.00 bits per heavy atom. The van der Waals surface area contributed by atoms with Crippen molar-refractivity contribution < 1.29 is 34.4 Å². The maximum absolute atomic E-state index is 12.8. The summed E-state index contributed by atoms with van der Waals surface area (Å²) in [6.45, 7) is 6.61. The van der Waals surface area contributed by atoms with E-state index in [1.165, 1.54) is 0 Å². The quantitative estimate of drug-likeness (QED) is 0.287. The third-order valence-corrected chi connectivity index (χ3v) is 4.46. The van der Waals surface area contributed by atoms with Gasteiger partial charge in [0.1, 0.15) is 18.5 Å². The van der Waals surface area contributed by atoms with Crippen molar-refractivity contribution in [2.45, 2.75) is 32.4 Å². The third-order valence-electron chi connectivity index (χ3n) is 4.46. The number of β-amino-alcohol motifs (C(OH)–C–C–N with tert-alkyl or cyclic N) is 1. The van der Waals surface area contributed by atoms with E-state index in [0.717, 1.165) is 16.6 Å². The number of hydrogen-bond donors (Lipinski definition) is 6. The summed E-state index contributed by atoms with van der Waals surface area (Å²) in [7, 11) is 0. The Labute approximate surface area is 196 Å². The lowest BCUT2D eigenvalue weighted by Gasteiger charge is -2.23. The number of fused-ring (bicyclic) bond motifs is 1. The molecule has 3 aromatic rings. The number of aromatic amines is 1. The van der Waals surface area contributed by atoms with Crippen LogP contribution in [0.2, 0.25) is 0 Å². The largest absolute Gasteiger partial charge is 0.490 e. The normalized spacial score (nSPS) is 11.8. The van der Waals surface area contributed by atoms with Crippen molar-refractivity contribution in [3.8, 4) is 5.75 Å². The second kappa shape index (κ2) is 11.8. The highest BCUT2D eigenvalue weighted by atomic mass is 16.5. The monoisotopic (exact) mass is 471 g/mol. The minimum Gasteiger partial charge on any atom is -0.490 e. The molecule has 10 heteroatoms. The molecule has 0 aliphatic rings. The van der Waals surface area contributed by atoms with E-state index in [1.54, 1.807) is 24.3 Å². The number of amides is 1. The Hall–Kier alpha value is -3.89. The van der Waals surface area contributed by atoms with E-state index in [0.29, 0.717) is 17.9 Å². The number of aliphatic hydroxyl groups is 1. The minimum absolute atomic E-state index is 0.0853. The fraction of sp³-hybridized carbons (Fsp3) is 0.292. The first-order valence-corrected chi connectivity index (χ1v) is 10.5. The number of ether oxygens (including phenoxy) is 1. The van der Waals surface area contributed by atoms with Crippen molar-refractivity contribution >= 4 is 34.4 Å². The van der Waals surface area contributed by atoms with Crippen molar-refractivity contribution in [1.29, 1.82) is 0 Å². The van der Waals surface area contributed by atoms with Crippen LogP contribution in [0.4, 0.5) is 5.69 Å². The number of benzene rings is 2. The molecule has 10 nitrogen and oxygen atoms in total. The van der Waals surface area contributed by atoms with Crippen LogP contribution >= 0.6 is 0 Å². The second-order valence-electron chi connectivity index (χ2n) is 8.40. The van der Waals surface area contributed by atoms with Crippen LogP contribution in [-0.4, -0.2) is 62.9 Å². The fourth-order valence-electron chi connectivity index (χ4n) is 2.83. The number of aromatic nitrogens is 1. The highest BCUT2D eigenvalue weighted by Gasteiger charge is 2.16. The predicted octanol–water partition coefficient (Wildman–Crippen LogP) is 2.70. The van der Waals surface area contributed by atoms with E-state index >= 15 is 0 Å². The van der Waals surface area contributed by atoms with Gasteiger partial charge in [-0.3, -0.25) is 4.79 Å². The van der Waals surface area contributed by atoms with Gasteiger partial charge in [-0.1, -0.05) is 18.2 Å². The number of aliphatic hydroxyl groups excluding tert-OH is 1. The van der Waals surface area contributed by atoms with Crippen LogP contribution in [0, 0.1) is 0 Å². The van der Waals surface area contributed by atoms with Crippen molar-refractivity contribution in [3.63, 3.8) is 0 Å². The number of rotatable bonds is 7. The summed E-state index contributed by atoms with van der Waals surface area (Å²) in [6, 6.07) is 14.7. The van der Waals surface area contributed by atoms with Crippen LogP contribution in [-0.2, 0) is 9.59 Å². The zero-order chi connectivity index (χ0) is 25.3. The molecule has 0 fully saturated rings. The average molecular weight is 472 g/mol. The molecule has 34 heavy (non-hydrogen) atoms. The maximum Gasteiger partial charge on any atom is 0.414 e. The highest BCUT2D eigenvalue weighted by molar-refractivity contribution is 6.27. The van der Waals surface area contributed by atoms with Gasteiger partial charge in [0.15, 0.2) is 0 Å². The van der Waals surface area contributed by atoms with Gasteiger partial charge in [-0.25, -0.2) is 9.59 Å². The van der Waals surface area contributed by atoms with E-state index < -0.39 is 18.0 Å². The molecule has 3 rings (SSSR count).